The first kappa shape index (κ1) is 24.3. The number of nitrogens with two attached hydrogens (primary N) is 1. The molecule has 0 aromatic rings. The van der Waals surface area contributed by atoms with E-state index in [1.807, 2.05) is 18.7 Å². The normalized spacial score (nSPS) is 23.5. The Kier molecular flexibility index (Phi) is 10.0. The molecule has 0 aromatic heterocycles. The fourth-order valence-electron chi connectivity index (χ4n) is 4.84. The average molecular weight is 411 g/mol. The van der Waals surface area contributed by atoms with Crippen molar-refractivity contribution in [3.8, 4) is 0 Å². The topological polar surface area (TPSA) is 117 Å². The quantitative estimate of drug-likeness (QED) is 0.536. The lowest BCUT2D eigenvalue weighted by Gasteiger charge is -2.36. The van der Waals surface area contributed by atoms with Crippen LogP contribution in [0.4, 0.5) is 0 Å². The van der Waals surface area contributed by atoms with Crippen LogP contribution < -0.4 is 11.5 Å². The Morgan fingerprint density at radius 1 is 1.17 bits per heavy atom. The second-order valence-electron chi connectivity index (χ2n) is 9.25. The maximum absolute atomic E-state index is 13.4. The molecule has 0 spiro atoms. The second kappa shape index (κ2) is 12.0. The highest BCUT2D eigenvalue weighted by molar-refractivity contribution is 5.90. The van der Waals surface area contributed by atoms with E-state index in [9.17, 15) is 14.7 Å². The first-order valence-corrected chi connectivity index (χ1v) is 11.3. The van der Waals surface area contributed by atoms with E-state index in [-0.39, 0.29) is 30.1 Å². The van der Waals surface area contributed by atoms with Crippen LogP contribution in [0.3, 0.4) is 0 Å². The van der Waals surface area contributed by atoms with E-state index in [2.05, 4.69) is 0 Å². The highest BCUT2D eigenvalue weighted by Crippen LogP contribution is 2.30. The summed E-state index contributed by atoms with van der Waals surface area (Å²) in [5, 5.41) is 10.8. The molecule has 1 unspecified atom stereocenters. The Hall–Kier alpha value is -1.02. The fraction of sp³-hybridized carbons (Fsp3) is 0.909. The van der Waals surface area contributed by atoms with Gasteiger partial charge in [0.25, 0.3) is 0 Å². The molecule has 1 radical (unpaired) electrons. The first-order chi connectivity index (χ1) is 13.8. The second-order valence-corrected chi connectivity index (χ2v) is 9.25. The van der Waals surface area contributed by atoms with Crippen LogP contribution in [0.1, 0.15) is 65.2 Å². The number of morpholine rings is 1. The zero-order valence-electron chi connectivity index (χ0n) is 18.1. The molecule has 2 rings (SSSR count). The lowest BCUT2D eigenvalue weighted by atomic mass is 9.79. The number of nitrogens with one attached hydrogen (secondary N) is 1. The summed E-state index contributed by atoms with van der Waals surface area (Å²) in [7, 11) is 0. The van der Waals surface area contributed by atoms with Crippen LogP contribution >= 0.6 is 0 Å². The van der Waals surface area contributed by atoms with Crippen molar-refractivity contribution in [1.29, 1.82) is 0 Å². The number of carbonyl (C=O) groups excluding carboxylic acids is 2. The molecule has 4 N–H and O–H groups in total. The van der Waals surface area contributed by atoms with Gasteiger partial charge in [0.2, 0.25) is 5.91 Å². The van der Waals surface area contributed by atoms with Crippen molar-refractivity contribution in [2.75, 3.05) is 26.3 Å². The molecule has 7 nitrogen and oxygen atoms in total. The summed E-state index contributed by atoms with van der Waals surface area (Å²) in [6, 6.07) is -0.940. The lowest BCUT2D eigenvalue weighted by molar-refractivity contribution is -0.136. The summed E-state index contributed by atoms with van der Waals surface area (Å²) in [4.78, 5) is 26.9. The third-order valence-electron chi connectivity index (χ3n) is 6.68. The maximum Gasteiger partial charge on any atom is 0.240 e. The van der Waals surface area contributed by atoms with E-state index < -0.39 is 18.1 Å². The van der Waals surface area contributed by atoms with Gasteiger partial charge in [-0.25, -0.2) is 0 Å². The first-order valence-electron chi connectivity index (χ1n) is 11.3. The van der Waals surface area contributed by atoms with Crippen LogP contribution in [0.15, 0.2) is 0 Å². The molecule has 4 atom stereocenters. The molecule has 2 fully saturated rings. The fourth-order valence-corrected chi connectivity index (χ4v) is 4.84. The van der Waals surface area contributed by atoms with Crippen molar-refractivity contribution in [2.45, 2.75) is 83.4 Å². The van der Waals surface area contributed by atoms with Crippen molar-refractivity contribution in [3.63, 3.8) is 0 Å². The third kappa shape index (κ3) is 7.63. The lowest BCUT2D eigenvalue weighted by Crippen LogP contribution is -2.51. The largest absolute Gasteiger partial charge is 0.391 e. The average Bonchev–Trinajstić information content (AvgIpc) is 2.70. The zero-order chi connectivity index (χ0) is 21.4. The monoisotopic (exact) mass is 410 g/mol. The van der Waals surface area contributed by atoms with E-state index in [1.165, 1.54) is 32.1 Å². The Morgan fingerprint density at radius 2 is 1.79 bits per heavy atom. The predicted octanol–water partition coefficient (Wildman–Crippen LogP) is 1.78. The number of aliphatic hydroxyl groups excluding tert-OH is 1. The number of hydrogen-bond acceptors (Lipinski definition) is 6. The molecule has 1 saturated carbocycles. The SMILES string of the molecule is CC(C)[C@@H](C[C@H](O)[C@@H](N)CC1CCCCC1)C(=O)C(CC([NH])=O)N1CCOCC1. The number of ether oxygens (including phenoxy) is 1. The van der Waals surface area contributed by atoms with Crippen LogP contribution in [0.5, 0.6) is 0 Å². The van der Waals surface area contributed by atoms with Crippen LogP contribution in [0.25, 0.3) is 0 Å². The smallest absolute Gasteiger partial charge is 0.240 e. The molecule has 1 amide bonds. The van der Waals surface area contributed by atoms with Crippen molar-refractivity contribution < 1.29 is 19.4 Å². The van der Waals surface area contributed by atoms with E-state index >= 15 is 0 Å². The van der Waals surface area contributed by atoms with Crippen molar-refractivity contribution in [1.82, 2.24) is 10.6 Å². The van der Waals surface area contributed by atoms with Gasteiger partial charge in [0, 0.05) is 25.0 Å². The van der Waals surface area contributed by atoms with E-state index in [1.54, 1.807) is 0 Å². The number of ketones is 1. The molecule has 1 aliphatic carbocycles. The summed E-state index contributed by atoms with van der Waals surface area (Å²) in [5.74, 6) is -0.556. The van der Waals surface area contributed by atoms with Gasteiger partial charge in [0.05, 0.1) is 31.8 Å². The number of Topliss-reactive ketones (excluding diaryl/α,β-unsaturated/α-hetero) is 1. The van der Waals surface area contributed by atoms with Gasteiger partial charge in [-0.05, 0) is 24.7 Å². The van der Waals surface area contributed by atoms with Crippen molar-refractivity contribution >= 4 is 11.7 Å². The predicted molar refractivity (Wildman–Crippen MR) is 112 cm³/mol. The van der Waals surface area contributed by atoms with E-state index in [0.717, 1.165) is 6.42 Å². The van der Waals surface area contributed by atoms with Crippen LogP contribution in [0.2, 0.25) is 0 Å². The Bertz CT molecular complexity index is 516. The molecule has 7 heteroatoms. The number of aliphatic hydroxyl groups is 1. The van der Waals surface area contributed by atoms with Gasteiger partial charge in [-0.15, -0.1) is 0 Å². The van der Waals surface area contributed by atoms with Crippen LogP contribution in [-0.4, -0.2) is 66.2 Å². The number of amides is 1. The Labute approximate surface area is 175 Å². The summed E-state index contributed by atoms with van der Waals surface area (Å²) < 4.78 is 5.37. The minimum absolute atomic E-state index is 0.0309. The molecule has 1 heterocycles. The highest BCUT2D eigenvalue weighted by atomic mass is 16.5. The van der Waals surface area contributed by atoms with E-state index in [0.29, 0.717) is 38.6 Å². The molecule has 29 heavy (non-hydrogen) atoms. The molecule has 1 saturated heterocycles. The van der Waals surface area contributed by atoms with Gasteiger partial charge in [0.15, 0.2) is 5.78 Å². The van der Waals surface area contributed by atoms with Crippen molar-refractivity contribution in [3.05, 3.63) is 0 Å². The Morgan fingerprint density at radius 3 is 2.34 bits per heavy atom. The highest BCUT2D eigenvalue weighted by Gasteiger charge is 2.37. The summed E-state index contributed by atoms with van der Waals surface area (Å²) in [5.41, 5.74) is 13.7. The number of nitrogens with zero attached hydrogens (tertiary/aromatic N) is 1. The molecule has 1 aliphatic heterocycles. The molecular formula is C22H40N3O4. The maximum atomic E-state index is 13.4. The van der Waals surface area contributed by atoms with Gasteiger partial charge in [-0.3, -0.25) is 20.2 Å². The zero-order valence-corrected chi connectivity index (χ0v) is 18.1. The van der Waals surface area contributed by atoms with Gasteiger partial charge in [-0.2, -0.15) is 0 Å². The van der Waals surface area contributed by atoms with Crippen molar-refractivity contribution in [2.24, 2.45) is 23.5 Å². The molecule has 2 aliphatic rings. The summed E-state index contributed by atoms with van der Waals surface area (Å²) in [6.45, 7) is 6.16. The minimum Gasteiger partial charge on any atom is -0.391 e. The number of carbonyl (C=O) groups is 2. The van der Waals surface area contributed by atoms with Crippen LogP contribution in [-0.2, 0) is 14.3 Å². The van der Waals surface area contributed by atoms with Gasteiger partial charge in [0.1, 0.15) is 0 Å². The standard InChI is InChI=1S/C22H40N3O4/c1-15(2)17(13-20(26)18(23)12-16-6-4-3-5-7-16)22(28)19(14-21(24)27)25-8-10-29-11-9-25/h15-20,24,26H,3-14,23H2,1-2H3/t17-,18+,19?,20+/m1/s1. The molecular weight excluding hydrogens is 370 g/mol. The molecule has 167 valence electrons. The van der Waals surface area contributed by atoms with E-state index in [4.69, 9.17) is 16.2 Å². The molecule has 0 aromatic carbocycles. The minimum atomic E-state index is -0.731. The summed E-state index contributed by atoms with van der Waals surface area (Å²) >= 11 is 0. The van der Waals surface area contributed by atoms with Crippen LogP contribution in [0, 0.1) is 17.8 Å². The third-order valence-corrected chi connectivity index (χ3v) is 6.68. The molecule has 0 bridgehead atoms. The van der Waals surface area contributed by atoms with Gasteiger partial charge >= 0.3 is 0 Å². The number of hydrogen-bond donors (Lipinski definition) is 2. The van der Waals surface area contributed by atoms with Gasteiger partial charge < -0.3 is 15.6 Å². The van der Waals surface area contributed by atoms with Gasteiger partial charge in [-0.1, -0.05) is 46.0 Å². The summed E-state index contributed by atoms with van der Waals surface area (Å²) in [6.07, 6.45) is 6.41. The number of rotatable bonds is 11. The Balaban J connectivity index is 2.02.